The third kappa shape index (κ3) is 2.67. The van der Waals surface area contributed by atoms with E-state index in [0.717, 1.165) is 19.3 Å². The molecule has 1 aromatic heterocycles. The van der Waals surface area contributed by atoms with Gasteiger partial charge >= 0.3 is 0 Å². The summed E-state index contributed by atoms with van der Waals surface area (Å²) >= 11 is 0. The minimum absolute atomic E-state index is 0.242. The van der Waals surface area contributed by atoms with Gasteiger partial charge in [0.2, 0.25) is 10.0 Å². The first-order valence-corrected chi connectivity index (χ1v) is 7.27. The summed E-state index contributed by atoms with van der Waals surface area (Å²) in [5, 5.41) is 6.22. The van der Waals surface area contributed by atoms with Crippen LogP contribution in [-0.4, -0.2) is 42.6 Å². The minimum Gasteiger partial charge on any atom is -0.330 e. The van der Waals surface area contributed by atoms with Gasteiger partial charge in [-0.25, -0.2) is 8.42 Å². The lowest BCUT2D eigenvalue weighted by Gasteiger charge is -2.31. The van der Waals surface area contributed by atoms with E-state index in [1.165, 1.54) is 12.4 Å². The number of rotatable bonds is 4. The van der Waals surface area contributed by atoms with E-state index in [1.807, 2.05) is 0 Å². The average molecular weight is 258 g/mol. The van der Waals surface area contributed by atoms with E-state index in [4.69, 9.17) is 5.73 Å². The van der Waals surface area contributed by atoms with Crippen molar-refractivity contribution in [1.82, 2.24) is 14.5 Å². The molecule has 1 aliphatic heterocycles. The molecule has 0 aliphatic carbocycles. The highest BCUT2D eigenvalue weighted by molar-refractivity contribution is 7.89. The van der Waals surface area contributed by atoms with Crippen molar-refractivity contribution in [2.45, 2.75) is 24.2 Å². The molecule has 1 atom stereocenters. The summed E-state index contributed by atoms with van der Waals surface area (Å²) in [5.74, 6) is 0.385. The van der Waals surface area contributed by atoms with Crippen LogP contribution in [-0.2, 0) is 10.0 Å². The molecule has 0 amide bonds. The number of nitrogens with two attached hydrogens (primary N) is 1. The Morgan fingerprint density at radius 3 is 3.06 bits per heavy atom. The number of hydrogen-bond donors (Lipinski definition) is 2. The zero-order valence-corrected chi connectivity index (χ0v) is 10.5. The molecular formula is C10H18N4O2S. The summed E-state index contributed by atoms with van der Waals surface area (Å²) in [7, 11) is -3.37. The lowest BCUT2D eigenvalue weighted by molar-refractivity contribution is 0.258. The van der Waals surface area contributed by atoms with Crippen molar-refractivity contribution < 1.29 is 8.42 Å². The molecular weight excluding hydrogens is 240 g/mol. The molecule has 0 radical (unpaired) electrons. The SMILES string of the molecule is NCCC1CCCN(S(=O)(=O)c2cn[nH]c2)C1. The second-order valence-electron chi connectivity index (χ2n) is 4.38. The molecule has 2 rings (SSSR count). The highest BCUT2D eigenvalue weighted by Crippen LogP contribution is 2.24. The molecule has 1 fully saturated rings. The fourth-order valence-corrected chi connectivity index (χ4v) is 3.71. The lowest BCUT2D eigenvalue weighted by Crippen LogP contribution is -2.40. The van der Waals surface area contributed by atoms with Crippen molar-refractivity contribution in [3.8, 4) is 0 Å². The van der Waals surface area contributed by atoms with E-state index in [0.29, 0.717) is 25.6 Å². The summed E-state index contributed by atoms with van der Waals surface area (Å²) in [5.41, 5.74) is 5.53. The molecule has 1 aromatic rings. The van der Waals surface area contributed by atoms with E-state index in [2.05, 4.69) is 10.2 Å². The zero-order valence-electron chi connectivity index (χ0n) is 9.67. The van der Waals surface area contributed by atoms with Crippen molar-refractivity contribution in [3.63, 3.8) is 0 Å². The molecule has 1 saturated heterocycles. The van der Waals surface area contributed by atoms with Crippen molar-refractivity contribution in [2.75, 3.05) is 19.6 Å². The first kappa shape index (κ1) is 12.5. The minimum atomic E-state index is -3.37. The third-order valence-corrected chi connectivity index (χ3v) is 5.00. The second kappa shape index (κ2) is 5.16. The Hall–Kier alpha value is -0.920. The van der Waals surface area contributed by atoms with Crippen LogP contribution in [0.15, 0.2) is 17.3 Å². The predicted molar refractivity (Wildman–Crippen MR) is 63.7 cm³/mol. The number of aromatic amines is 1. The number of hydrogen-bond acceptors (Lipinski definition) is 4. The normalized spacial score (nSPS) is 22.8. The van der Waals surface area contributed by atoms with Gasteiger partial charge < -0.3 is 5.73 Å². The fraction of sp³-hybridized carbons (Fsp3) is 0.700. The lowest BCUT2D eigenvalue weighted by atomic mass is 9.96. The van der Waals surface area contributed by atoms with E-state index in [9.17, 15) is 8.42 Å². The molecule has 0 spiro atoms. The largest absolute Gasteiger partial charge is 0.330 e. The maximum Gasteiger partial charge on any atom is 0.246 e. The van der Waals surface area contributed by atoms with Crippen LogP contribution < -0.4 is 5.73 Å². The topological polar surface area (TPSA) is 92.1 Å². The summed E-state index contributed by atoms with van der Waals surface area (Å²) in [6.07, 6.45) is 5.62. The molecule has 2 heterocycles. The Balaban J connectivity index is 2.12. The summed E-state index contributed by atoms with van der Waals surface area (Å²) in [4.78, 5) is 0.242. The summed E-state index contributed by atoms with van der Waals surface area (Å²) in [6, 6.07) is 0. The van der Waals surface area contributed by atoms with Gasteiger partial charge in [0.05, 0.1) is 6.20 Å². The number of piperidine rings is 1. The van der Waals surface area contributed by atoms with Crippen LogP contribution in [0.4, 0.5) is 0 Å². The predicted octanol–water partition coefficient (Wildman–Crippen LogP) is 0.159. The quantitative estimate of drug-likeness (QED) is 0.804. The number of aromatic nitrogens is 2. The van der Waals surface area contributed by atoms with Gasteiger partial charge in [0.15, 0.2) is 0 Å². The molecule has 0 saturated carbocycles. The molecule has 1 unspecified atom stereocenters. The number of nitrogens with one attached hydrogen (secondary N) is 1. The van der Waals surface area contributed by atoms with E-state index < -0.39 is 10.0 Å². The van der Waals surface area contributed by atoms with Gasteiger partial charge in [0.1, 0.15) is 4.90 Å². The van der Waals surface area contributed by atoms with E-state index in [1.54, 1.807) is 4.31 Å². The fourth-order valence-electron chi connectivity index (χ4n) is 2.25. The Kier molecular flexibility index (Phi) is 3.80. The molecule has 6 nitrogen and oxygen atoms in total. The van der Waals surface area contributed by atoms with Crippen LogP contribution in [0.25, 0.3) is 0 Å². The zero-order chi connectivity index (χ0) is 12.3. The molecule has 1 aliphatic rings. The van der Waals surface area contributed by atoms with Crippen LogP contribution in [0.3, 0.4) is 0 Å². The monoisotopic (exact) mass is 258 g/mol. The van der Waals surface area contributed by atoms with Crippen LogP contribution >= 0.6 is 0 Å². The highest BCUT2D eigenvalue weighted by Gasteiger charge is 2.30. The van der Waals surface area contributed by atoms with Gasteiger partial charge in [-0.05, 0) is 31.7 Å². The standard InChI is InChI=1S/C10H18N4O2S/c11-4-3-9-2-1-5-14(8-9)17(15,16)10-6-12-13-7-10/h6-7,9H,1-5,8,11H2,(H,12,13). The number of sulfonamides is 1. The molecule has 0 bridgehead atoms. The Morgan fingerprint density at radius 1 is 1.59 bits per heavy atom. The van der Waals surface area contributed by atoms with Crippen molar-refractivity contribution in [2.24, 2.45) is 11.7 Å². The van der Waals surface area contributed by atoms with Crippen molar-refractivity contribution in [1.29, 1.82) is 0 Å². The maximum atomic E-state index is 12.2. The molecule has 7 heteroatoms. The Bertz CT molecular complexity index is 441. The second-order valence-corrected chi connectivity index (χ2v) is 6.32. The van der Waals surface area contributed by atoms with Crippen molar-refractivity contribution >= 4 is 10.0 Å². The van der Waals surface area contributed by atoms with Crippen LogP contribution in [0.1, 0.15) is 19.3 Å². The van der Waals surface area contributed by atoms with E-state index >= 15 is 0 Å². The Labute approximate surface area is 101 Å². The van der Waals surface area contributed by atoms with Gasteiger partial charge in [0, 0.05) is 19.3 Å². The number of H-pyrrole nitrogens is 1. The van der Waals surface area contributed by atoms with Crippen LogP contribution in [0.2, 0.25) is 0 Å². The van der Waals surface area contributed by atoms with E-state index in [-0.39, 0.29) is 4.90 Å². The van der Waals surface area contributed by atoms with Crippen LogP contribution in [0.5, 0.6) is 0 Å². The van der Waals surface area contributed by atoms with Gasteiger partial charge in [-0.15, -0.1) is 0 Å². The molecule has 3 N–H and O–H groups in total. The molecule has 17 heavy (non-hydrogen) atoms. The highest BCUT2D eigenvalue weighted by atomic mass is 32.2. The smallest absolute Gasteiger partial charge is 0.246 e. The third-order valence-electron chi connectivity index (χ3n) is 3.17. The van der Waals surface area contributed by atoms with Gasteiger partial charge in [-0.2, -0.15) is 9.40 Å². The average Bonchev–Trinajstić information content (AvgIpc) is 2.84. The summed E-state index contributed by atoms with van der Waals surface area (Å²) in [6.45, 7) is 1.78. The first-order valence-electron chi connectivity index (χ1n) is 5.83. The first-order chi connectivity index (χ1) is 8.14. The van der Waals surface area contributed by atoms with Gasteiger partial charge in [-0.3, -0.25) is 5.10 Å². The maximum absolute atomic E-state index is 12.2. The molecule has 96 valence electrons. The number of nitrogens with zero attached hydrogens (tertiary/aromatic N) is 2. The van der Waals surface area contributed by atoms with Crippen LogP contribution in [0, 0.1) is 5.92 Å². The summed E-state index contributed by atoms with van der Waals surface area (Å²) < 4.78 is 26.0. The van der Waals surface area contributed by atoms with Crippen molar-refractivity contribution in [3.05, 3.63) is 12.4 Å². The van der Waals surface area contributed by atoms with Gasteiger partial charge in [-0.1, -0.05) is 0 Å². The van der Waals surface area contributed by atoms with Gasteiger partial charge in [0.25, 0.3) is 0 Å². The molecule has 0 aromatic carbocycles. The Morgan fingerprint density at radius 2 is 2.41 bits per heavy atom.